The van der Waals surface area contributed by atoms with Crippen molar-refractivity contribution in [3.63, 3.8) is 0 Å². The monoisotopic (exact) mass is 416 g/mol. The Morgan fingerprint density at radius 2 is 1.18 bits per heavy atom. The van der Waals surface area contributed by atoms with Crippen molar-refractivity contribution >= 4 is 55.2 Å². The molecule has 3 aromatic rings. The fourth-order valence-electron chi connectivity index (χ4n) is 2.82. The molecule has 0 bridgehead atoms. The van der Waals surface area contributed by atoms with Gasteiger partial charge in [-0.25, -0.2) is 9.97 Å². The van der Waals surface area contributed by atoms with Gasteiger partial charge in [-0.15, -0.1) is 0 Å². The van der Waals surface area contributed by atoms with Crippen LogP contribution in [0, 0.1) is 0 Å². The Morgan fingerprint density at radius 1 is 0.727 bits per heavy atom. The molecule has 1 heterocycles. The van der Waals surface area contributed by atoms with Gasteiger partial charge in [-0.1, -0.05) is 44.0 Å². The number of halogens is 2. The number of aldehydes is 2. The van der Waals surface area contributed by atoms with Crippen LogP contribution < -0.4 is 0 Å². The van der Waals surface area contributed by atoms with Gasteiger partial charge in [0.25, 0.3) is 0 Å². The SMILES string of the molecule is O=Cc1nc2c(nc1C=O)-c1ccc(Br)c3c(Br)ccc-2c13. The Kier molecular flexibility index (Phi) is 2.99. The van der Waals surface area contributed by atoms with E-state index in [9.17, 15) is 9.59 Å². The lowest BCUT2D eigenvalue weighted by atomic mass is 10.0. The van der Waals surface area contributed by atoms with Crippen LogP contribution in [0.1, 0.15) is 21.0 Å². The topological polar surface area (TPSA) is 59.9 Å². The lowest BCUT2D eigenvalue weighted by Gasteiger charge is -2.06. The van der Waals surface area contributed by atoms with Crippen LogP contribution in [0.3, 0.4) is 0 Å². The number of carbonyl (C=O) groups excluding carboxylic acids is 2. The minimum Gasteiger partial charge on any atom is -0.296 e. The van der Waals surface area contributed by atoms with E-state index < -0.39 is 0 Å². The molecule has 0 saturated carbocycles. The van der Waals surface area contributed by atoms with Crippen molar-refractivity contribution in [3.05, 3.63) is 44.6 Å². The maximum absolute atomic E-state index is 11.1. The number of rotatable bonds is 2. The van der Waals surface area contributed by atoms with E-state index in [1.807, 2.05) is 24.3 Å². The molecule has 1 aliphatic rings. The summed E-state index contributed by atoms with van der Waals surface area (Å²) in [5, 5.41) is 2.04. The average Bonchev–Trinajstić information content (AvgIpc) is 2.84. The van der Waals surface area contributed by atoms with Crippen LogP contribution in [0.2, 0.25) is 0 Å². The molecule has 0 aliphatic heterocycles. The van der Waals surface area contributed by atoms with E-state index in [4.69, 9.17) is 0 Å². The second-order valence-corrected chi connectivity index (χ2v) is 6.58. The summed E-state index contributed by atoms with van der Waals surface area (Å²) in [5.41, 5.74) is 3.24. The lowest BCUT2D eigenvalue weighted by Crippen LogP contribution is -2.02. The van der Waals surface area contributed by atoms with Crippen molar-refractivity contribution in [2.45, 2.75) is 0 Å². The molecule has 0 saturated heterocycles. The highest BCUT2D eigenvalue weighted by Crippen LogP contribution is 2.49. The zero-order valence-electron chi connectivity index (χ0n) is 10.9. The summed E-state index contributed by atoms with van der Waals surface area (Å²) in [7, 11) is 0. The molecule has 0 amide bonds. The molecule has 22 heavy (non-hydrogen) atoms. The summed E-state index contributed by atoms with van der Waals surface area (Å²) < 4.78 is 1.91. The number of hydrogen-bond acceptors (Lipinski definition) is 4. The number of carbonyl (C=O) groups is 2. The summed E-state index contributed by atoms with van der Waals surface area (Å²) in [6, 6.07) is 7.77. The van der Waals surface area contributed by atoms with Crippen molar-refractivity contribution in [3.8, 4) is 22.5 Å². The second kappa shape index (κ2) is 4.79. The fraction of sp³-hybridized carbons (Fsp3) is 0. The van der Waals surface area contributed by atoms with E-state index in [2.05, 4.69) is 41.8 Å². The van der Waals surface area contributed by atoms with Crippen LogP contribution in [-0.2, 0) is 0 Å². The molecule has 0 unspecified atom stereocenters. The van der Waals surface area contributed by atoms with Gasteiger partial charge in [0.05, 0.1) is 11.4 Å². The zero-order valence-corrected chi connectivity index (χ0v) is 14.1. The quantitative estimate of drug-likeness (QED) is 0.453. The van der Waals surface area contributed by atoms with Gasteiger partial charge in [-0.05, 0) is 12.1 Å². The van der Waals surface area contributed by atoms with E-state index in [1.165, 1.54) is 0 Å². The summed E-state index contributed by atoms with van der Waals surface area (Å²) in [5.74, 6) is 0. The van der Waals surface area contributed by atoms with Gasteiger partial charge in [-0.2, -0.15) is 0 Å². The molecular weight excluding hydrogens is 412 g/mol. The summed E-state index contributed by atoms with van der Waals surface area (Å²) in [6.07, 6.45) is 1.12. The highest BCUT2D eigenvalue weighted by atomic mass is 79.9. The standard InChI is InChI=1S/C16H6Br2N2O2/c17-9-3-1-7-13-8(2-4-10(18)14(9)13)16-15(7)19-11(5-21)12(6-22)20-16/h1-6H. The molecular formula is C16H6Br2N2O2. The summed E-state index contributed by atoms with van der Waals surface area (Å²) in [4.78, 5) is 31.0. The van der Waals surface area contributed by atoms with Gasteiger partial charge < -0.3 is 0 Å². The minimum absolute atomic E-state index is 0.0664. The highest BCUT2D eigenvalue weighted by Gasteiger charge is 2.27. The molecule has 4 nitrogen and oxygen atoms in total. The predicted octanol–water partition coefficient (Wildman–Crippen LogP) is 4.43. The summed E-state index contributed by atoms with van der Waals surface area (Å²) >= 11 is 7.12. The average molecular weight is 418 g/mol. The van der Waals surface area contributed by atoms with E-state index in [1.54, 1.807) is 0 Å². The van der Waals surface area contributed by atoms with E-state index in [-0.39, 0.29) is 11.4 Å². The third-order valence-electron chi connectivity index (χ3n) is 3.74. The molecule has 0 fully saturated rings. The number of nitrogens with zero attached hydrogens (tertiary/aromatic N) is 2. The van der Waals surface area contributed by atoms with Crippen LogP contribution in [0.4, 0.5) is 0 Å². The van der Waals surface area contributed by atoms with E-state index in [0.717, 1.165) is 30.8 Å². The molecule has 2 aromatic carbocycles. The van der Waals surface area contributed by atoms with Crippen molar-refractivity contribution in [1.82, 2.24) is 9.97 Å². The molecule has 4 rings (SSSR count). The van der Waals surface area contributed by atoms with Crippen LogP contribution in [0.5, 0.6) is 0 Å². The Labute approximate surface area is 141 Å². The van der Waals surface area contributed by atoms with Crippen LogP contribution in [-0.4, -0.2) is 22.5 Å². The number of fused-ring (bicyclic) bond motifs is 3. The Hall–Kier alpha value is -1.92. The maximum atomic E-state index is 11.1. The first-order valence-electron chi connectivity index (χ1n) is 6.39. The third-order valence-corrected chi connectivity index (χ3v) is 5.07. The molecule has 1 aromatic heterocycles. The second-order valence-electron chi connectivity index (χ2n) is 4.87. The van der Waals surface area contributed by atoms with Gasteiger partial charge in [0, 0.05) is 30.8 Å². The minimum atomic E-state index is 0.0664. The Morgan fingerprint density at radius 3 is 1.59 bits per heavy atom. The number of aromatic nitrogens is 2. The number of benzene rings is 2. The summed E-state index contributed by atoms with van der Waals surface area (Å²) in [6.45, 7) is 0. The van der Waals surface area contributed by atoms with Gasteiger partial charge in [-0.3, -0.25) is 9.59 Å². The zero-order chi connectivity index (χ0) is 15.4. The van der Waals surface area contributed by atoms with Gasteiger partial charge in [0.1, 0.15) is 11.4 Å². The fourth-order valence-corrected chi connectivity index (χ4v) is 4.17. The van der Waals surface area contributed by atoms with Gasteiger partial charge in [0.15, 0.2) is 12.6 Å². The normalized spacial score (nSPS) is 11.5. The third kappa shape index (κ3) is 1.68. The highest BCUT2D eigenvalue weighted by molar-refractivity contribution is 9.11. The first kappa shape index (κ1) is 13.7. The predicted molar refractivity (Wildman–Crippen MR) is 90.1 cm³/mol. The lowest BCUT2D eigenvalue weighted by molar-refractivity contribution is 0.108. The van der Waals surface area contributed by atoms with Gasteiger partial charge >= 0.3 is 0 Å². The van der Waals surface area contributed by atoms with E-state index in [0.29, 0.717) is 24.0 Å². The first-order valence-corrected chi connectivity index (χ1v) is 7.98. The first-order chi connectivity index (χ1) is 10.7. The van der Waals surface area contributed by atoms with Crippen LogP contribution in [0.15, 0.2) is 33.2 Å². The Balaban J connectivity index is 2.20. The molecule has 0 atom stereocenters. The molecule has 0 N–H and O–H groups in total. The van der Waals surface area contributed by atoms with Crippen LogP contribution >= 0.6 is 31.9 Å². The maximum Gasteiger partial charge on any atom is 0.170 e. The van der Waals surface area contributed by atoms with Crippen molar-refractivity contribution in [1.29, 1.82) is 0 Å². The number of hydrogen-bond donors (Lipinski definition) is 0. The van der Waals surface area contributed by atoms with Crippen LogP contribution in [0.25, 0.3) is 33.3 Å². The molecule has 6 heteroatoms. The largest absolute Gasteiger partial charge is 0.296 e. The van der Waals surface area contributed by atoms with Gasteiger partial charge in [0.2, 0.25) is 0 Å². The molecule has 1 aliphatic carbocycles. The smallest absolute Gasteiger partial charge is 0.170 e. The van der Waals surface area contributed by atoms with Crippen molar-refractivity contribution < 1.29 is 9.59 Å². The molecule has 0 spiro atoms. The molecule has 0 radical (unpaired) electrons. The van der Waals surface area contributed by atoms with Crippen molar-refractivity contribution in [2.24, 2.45) is 0 Å². The van der Waals surface area contributed by atoms with Crippen molar-refractivity contribution in [2.75, 3.05) is 0 Å². The van der Waals surface area contributed by atoms with E-state index >= 15 is 0 Å². The Bertz CT molecular complexity index is 924. The molecule has 106 valence electrons.